The highest BCUT2D eigenvalue weighted by Gasteiger charge is 2.29. The van der Waals surface area contributed by atoms with Crippen molar-refractivity contribution in [3.63, 3.8) is 0 Å². The summed E-state index contributed by atoms with van der Waals surface area (Å²) in [5, 5.41) is 0. The molecule has 0 saturated carbocycles. The Morgan fingerprint density at radius 2 is 1.79 bits per heavy atom. The van der Waals surface area contributed by atoms with Gasteiger partial charge in [0.05, 0.1) is 4.99 Å². The zero-order chi connectivity index (χ0) is 13.9. The molecule has 0 aromatic carbocycles. The maximum Gasteiger partial charge on any atom is 0.279 e. The van der Waals surface area contributed by atoms with Crippen LogP contribution in [0.2, 0.25) is 0 Å². The maximum atomic E-state index is 12.1. The molecule has 0 radical (unpaired) electrons. The Morgan fingerprint density at radius 3 is 2.32 bits per heavy atom. The number of hydrogen-bond acceptors (Lipinski definition) is 4. The van der Waals surface area contributed by atoms with E-state index >= 15 is 0 Å². The number of hydrogen-bond donors (Lipinski definition) is 2. The molecular weight excluding hydrogens is 284 g/mol. The van der Waals surface area contributed by atoms with E-state index in [0.717, 1.165) is 38.8 Å². The van der Waals surface area contributed by atoms with Gasteiger partial charge in [0.25, 0.3) is 10.2 Å². The van der Waals surface area contributed by atoms with Crippen molar-refractivity contribution in [1.29, 1.82) is 0 Å². The van der Waals surface area contributed by atoms with Gasteiger partial charge in [0.1, 0.15) is 0 Å². The Balaban J connectivity index is 1.80. The fraction of sp³-hybridized carbons (Fsp3) is 0.909. The summed E-state index contributed by atoms with van der Waals surface area (Å²) >= 11 is 4.88. The van der Waals surface area contributed by atoms with Gasteiger partial charge in [0.15, 0.2) is 0 Å². The number of likely N-dealkylation sites (tertiary alicyclic amines) is 1. The normalized spacial score (nSPS) is 23.8. The average molecular weight is 306 g/mol. The smallest absolute Gasteiger partial charge is 0.279 e. The molecule has 6 nitrogen and oxygen atoms in total. The Kier molecular flexibility index (Phi) is 5.13. The van der Waals surface area contributed by atoms with Crippen LogP contribution in [0.5, 0.6) is 0 Å². The first-order valence-corrected chi connectivity index (χ1v) is 8.60. The van der Waals surface area contributed by atoms with Crippen molar-refractivity contribution in [1.82, 2.24) is 13.9 Å². The summed E-state index contributed by atoms with van der Waals surface area (Å²) in [5.74, 6) is 0. The third-order valence-electron chi connectivity index (χ3n) is 3.69. The molecular formula is C11H22N4O2S2. The average Bonchev–Trinajstić information content (AvgIpc) is 2.85. The van der Waals surface area contributed by atoms with Gasteiger partial charge in [0, 0.05) is 38.8 Å². The summed E-state index contributed by atoms with van der Waals surface area (Å²) in [7, 11) is -3.29. The number of rotatable bonds is 5. The van der Waals surface area contributed by atoms with Gasteiger partial charge in [0.2, 0.25) is 0 Å². The lowest BCUT2D eigenvalue weighted by Crippen LogP contribution is -2.49. The predicted molar refractivity (Wildman–Crippen MR) is 79.1 cm³/mol. The molecule has 0 aliphatic carbocycles. The van der Waals surface area contributed by atoms with Gasteiger partial charge in [-0.3, -0.25) is 4.90 Å². The number of nitrogens with one attached hydrogen (secondary N) is 1. The molecule has 0 spiro atoms. The van der Waals surface area contributed by atoms with Gasteiger partial charge in [-0.15, -0.1) is 0 Å². The van der Waals surface area contributed by atoms with Crippen LogP contribution >= 0.6 is 12.2 Å². The van der Waals surface area contributed by atoms with Crippen LogP contribution in [0.3, 0.4) is 0 Å². The minimum atomic E-state index is -3.29. The first-order valence-electron chi connectivity index (χ1n) is 6.75. The number of nitrogens with zero attached hydrogens (tertiary/aromatic N) is 2. The van der Waals surface area contributed by atoms with Crippen molar-refractivity contribution in [3.05, 3.63) is 0 Å². The minimum Gasteiger partial charge on any atom is -0.392 e. The molecule has 2 aliphatic rings. The highest BCUT2D eigenvalue weighted by molar-refractivity contribution is 7.87. The summed E-state index contributed by atoms with van der Waals surface area (Å²) in [6.45, 7) is 3.60. The van der Waals surface area contributed by atoms with Crippen LogP contribution < -0.4 is 10.5 Å². The topological polar surface area (TPSA) is 78.7 Å². The van der Waals surface area contributed by atoms with Crippen LogP contribution in [0.1, 0.15) is 25.7 Å². The van der Waals surface area contributed by atoms with E-state index in [1.54, 1.807) is 4.31 Å². The van der Waals surface area contributed by atoms with Gasteiger partial charge >= 0.3 is 0 Å². The zero-order valence-corrected chi connectivity index (χ0v) is 12.7. The largest absolute Gasteiger partial charge is 0.392 e. The van der Waals surface area contributed by atoms with E-state index in [9.17, 15) is 8.42 Å². The molecule has 8 heteroatoms. The Labute approximate surface area is 120 Å². The van der Waals surface area contributed by atoms with Crippen molar-refractivity contribution < 1.29 is 8.42 Å². The van der Waals surface area contributed by atoms with E-state index in [4.69, 9.17) is 18.0 Å². The van der Waals surface area contributed by atoms with Gasteiger partial charge < -0.3 is 5.73 Å². The lowest BCUT2D eigenvalue weighted by atomic mass is 10.1. The standard InChI is InChI=1S/C11H22N4O2S2/c12-11(18)9-14-7-3-10(4-8-14)13-19(16,17)15-5-1-2-6-15/h10,13H,1-9H2,(H2,12,18). The van der Waals surface area contributed by atoms with Crippen LogP contribution in [0.15, 0.2) is 0 Å². The van der Waals surface area contributed by atoms with Crippen molar-refractivity contribution in [2.75, 3.05) is 32.7 Å². The second kappa shape index (κ2) is 6.45. The molecule has 2 saturated heterocycles. The van der Waals surface area contributed by atoms with E-state index in [0.29, 0.717) is 24.6 Å². The van der Waals surface area contributed by atoms with Crippen LogP contribution in [-0.4, -0.2) is 61.4 Å². The van der Waals surface area contributed by atoms with E-state index in [1.165, 1.54) is 0 Å². The second-order valence-corrected chi connectivity index (χ2v) is 7.47. The summed E-state index contributed by atoms with van der Waals surface area (Å²) in [6, 6.07) is 0.0354. The first-order chi connectivity index (χ1) is 8.97. The number of piperidine rings is 1. The highest BCUT2D eigenvalue weighted by atomic mass is 32.2. The third kappa shape index (κ3) is 4.35. The summed E-state index contributed by atoms with van der Waals surface area (Å²) in [4.78, 5) is 2.67. The lowest BCUT2D eigenvalue weighted by Gasteiger charge is -2.32. The van der Waals surface area contributed by atoms with Crippen molar-refractivity contribution >= 4 is 27.4 Å². The Hall–Kier alpha value is -0.280. The molecule has 2 rings (SSSR count). The van der Waals surface area contributed by atoms with Crippen molar-refractivity contribution in [2.45, 2.75) is 31.7 Å². The highest BCUT2D eigenvalue weighted by Crippen LogP contribution is 2.15. The van der Waals surface area contributed by atoms with Crippen LogP contribution in [0.25, 0.3) is 0 Å². The second-order valence-electron chi connectivity index (χ2n) is 5.25. The van der Waals surface area contributed by atoms with Gasteiger partial charge in [-0.1, -0.05) is 12.2 Å². The van der Waals surface area contributed by atoms with E-state index < -0.39 is 10.2 Å². The van der Waals surface area contributed by atoms with Crippen molar-refractivity contribution in [3.8, 4) is 0 Å². The monoisotopic (exact) mass is 306 g/mol. The Bertz CT molecular complexity index is 412. The molecule has 3 N–H and O–H groups in total. The minimum absolute atomic E-state index is 0.0354. The summed E-state index contributed by atoms with van der Waals surface area (Å²) in [6.07, 6.45) is 3.56. The Morgan fingerprint density at radius 1 is 1.21 bits per heavy atom. The van der Waals surface area contributed by atoms with Crippen LogP contribution in [-0.2, 0) is 10.2 Å². The SMILES string of the molecule is NC(=S)CN1CCC(NS(=O)(=O)N2CCCC2)CC1. The lowest BCUT2D eigenvalue weighted by molar-refractivity contribution is 0.231. The van der Waals surface area contributed by atoms with Crippen molar-refractivity contribution in [2.24, 2.45) is 5.73 Å². The van der Waals surface area contributed by atoms with Crippen LogP contribution in [0, 0.1) is 0 Å². The zero-order valence-electron chi connectivity index (χ0n) is 11.0. The predicted octanol–water partition coefficient (Wildman–Crippen LogP) is -0.333. The first kappa shape index (κ1) is 15.1. The molecule has 19 heavy (non-hydrogen) atoms. The molecule has 0 atom stereocenters. The quantitative estimate of drug-likeness (QED) is 0.680. The number of thiocarbonyl (C=S) groups is 1. The fourth-order valence-corrected chi connectivity index (χ4v) is 4.37. The van der Waals surface area contributed by atoms with E-state index in [2.05, 4.69) is 9.62 Å². The molecule has 0 unspecified atom stereocenters. The molecule has 0 amide bonds. The molecule has 0 aromatic rings. The van der Waals surface area contributed by atoms with Crippen LogP contribution in [0.4, 0.5) is 0 Å². The number of nitrogens with two attached hydrogens (primary N) is 1. The molecule has 0 bridgehead atoms. The summed E-state index contributed by atoms with van der Waals surface area (Å²) in [5.41, 5.74) is 5.51. The van der Waals surface area contributed by atoms with Gasteiger partial charge in [-0.05, 0) is 25.7 Å². The molecule has 2 fully saturated rings. The molecule has 2 aliphatic heterocycles. The molecule has 110 valence electrons. The van der Waals surface area contributed by atoms with Gasteiger partial charge in [-0.2, -0.15) is 17.4 Å². The third-order valence-corrected chi connectivity index (χ3v) is 5.49. The van der Waals surface area contributed by atoms with E-state index in [-0.39, 0.29) is 6.04 Å². The maximum absolute atomic E-state index is 12.1. The van der Waals surface area contributed by atoms with Gasteiger partial charge in [-0.25, -0.2) is 0 Å². The molecule has 0 aromatic heterocycles. The molecule has 2 heterocycles. The van der Waals surface area contributed by atoms with E-state index in [1.807, 2.05) is 0 Å². The fourth-order valence-electron chi connectivity index (χ4n) is 2.64. The summed E-state index contributed by atoms with van der Waals surface area (Å²) < 4.78 is 28.6.